The molecule has 1 aromatic carbocycles. The van der Waals surface area contributed by atoms with Gasteiger partial charge in [0.2, 0.25) is 0 Å². The summed E-state index contributed by atoms with van der Waals surface area (Å²) in [5, 5.41) is 0. The van der Waals surface area contributed by atoms with E-state index >= 15 is 0 Å². The lowest BCUT2D eigenvalue weighted by atomic mass is 10.1. The Kier molecular flexibility index (Phi) is 7.28. The van der Waals surface area contributed by atoms with Crippen LogP contribution in [0.4, 0.5) is 4.79 Å². The van der Waals surface area contributed by atoms with Gasteiger partial charge in [0.15, 0.2) is 11.5 Å². The maximum Gasteiger partial charge on any atom is 0.514 e. The Balaban J connectivity index is 3.06. The Morgan fingerprint density at radius 2 is 1.84 bits per heavy atom. The molecule has 25 heavy (non-hydrogen) atoms. The predicted octanol–water partition coefficient (Wildman–Crippen LogP) is 4.79. The van der Waals surface area contributed by atoms with Gasteiger partial charge in [-0.2, -0.15) is 0 Å². The van der Waals surface area contributed by atoms with Crippen molar-refractivity contribution in [1.82, 2.24) is 0 Å². The Bertz CT molecular complexity index is 675. The molecule has 0 aliphatic carbocycles. The topological polar surface area (TPSA) is 71.1 Å². The second-order valence-electron chi connectivity index (χ2n) is 6.43. The summed E-state index contributed by atoms with van der Waals surface area (Å²) < 4.78 is 21.7. The van der Waals surface area contributed by atoms with E-state index in [-0.39, 0.29) is 5.75 Å². The summed E-state index contributed by atoms with van der Waals surface area (Å²) >= 11 is 2.02. The van der Waals surface area contributed by atoms with Crippen molar-refractivity contribution in [2.24, 2.45) is 0 Å². The minimum absolute atomic E-state index is 0.250. The first-order valence-electron chi connectivity index (χ1n) is 7.59. The summed E-state index contributed by atoms with van der Waals surface area (Å²) in [7, 11) is 1.46. The highest BCUT2D eigenvalue weighted by atomic mass is 127. The molecule has 1 aromatic rings. The molecule has 0 radical (unpaired) electrons. The molecule has 7 heteroatoms. The maximum atomic E-state index is 11.9. The Labute approximate surface area is 161 Å². The second-order valence-corrected chi connectivity index (χ2v) is 7.59. The highest BCUT2D eigenvalue weighted by Crippen LogP contribution is 2.37. The van der Waals surface area contributed by atoms with Crippen LogP contribution in [0.15, 0.2) is 24.3 Å². The monoisotopic (exact) mass is 462 g/mol. The third-order valence-electron chi connectivity index (χ3n) is 2.93. The average Bonchev–Trinajstić information content (AvgIpc) is 2.46. The Hall–Kier alpha value is -1.77. The van der Waals surface area contributed by atoms with Gasteiger partial charge in [-0.25, -0.2) is 9.59 Å². The SMILES string of the molecule is C=C(C)C(=O)OC(C)c1cc(I)c(OC(=O)OC(C)(C)C)c(OC)c1. The number of carbonyl (C=O) groups is 2. The fraction of sp³-hybridized carbons (Fsp3) is 0.444. The second kappa shape index (κ2) is 8.55. The number of halogens is 1. The van der Waals surface area contributed by atoms with Gasteiger partial charge in [0.1, 0.15) is 11.7 Å². The molecule has 0 fully saturated rings. The van der Waals surface area contributed by atoms with Crippen molar-refractivity contribution in [2.75, 3.05) is 7.11 Å². The van der Waals surface area contributed by atoms with Crippen molar-refractivity contribution in [3.8, 4) is 11.5 Å². The summed E-state index contributed by atoms with van der Waals surface area (Å²) in [6.07, 6.45) is -1.33. The molecule has 0 N–H and O–H groups in total. The van der Waals surface area contributed by atoms with Gasteiger partial charge in [0.25, 0.3) is 0 Å². The number of carbonyl (C=O) groups excluding carboxylic acids is 2. The summed E-state index contributed by atoms with van der Waals surface area (Å²) in [4.78, 5) is 23.6. The number of hydrogen-bond acceptors (Lipinski definition) is 6. The van der Waals surface area contributed by atoms with E-state index in [1.807, 2.05) is 22.6 Å². The zero-order valence-electron chi connectivity index (χ0n) is 15.3. The van der Waals surface area contributed by atoms with Gasteiger partial charge in [-0.05, 0) is 74.9 Å². The molecule has 0 aliphatic rings. The minimum atomic E-state index is -0.821. The molecule has 1 rings (SSSR count). The van der Waals surface area contributed by atoms with Crippen LogP contribution in [0.2, 0.25) is 0 Å². The summed E-state index contributed by atoms with van der Waals surface area (Å²) in [5.74, 6) is 0.112. The molecule has 0 spiro atoms. The third-order valence-corrected chi connectivity index (χ3v) is 3.73. The summed E-state index contributed by atoms with van der Waals surface area (Å²) in [6.45, 7) is 12.1. The number of hydrogen-bond donors (Lipinski definition) is 0. The average molecular weight is 462 g/mol. The van der Waals surface area contributed by atoms with E-state index in [4.69, 9.17) is 18.9 Å². The van der Waals surface area contributed by atoms with Crippen molar-refractivity contribution in [3.05, 3.63) is 33.4 Å². The van der Waals surface area contributed by atoms with Gasteiger partial charge in [-0.3, -0.25) is 0 Å². The van der Waals surface area contributed by atoms with Crippen molar-refractivity contribution < 1.29 is 28.5 Å². The molecular formula is C18H23IO6. The Morgan fingerprint density at radius 3 is 2.32 bits per heavy atom. The largest absolute Gasteiger partial charge is 0.514 e. The summed E-state index contributed by atoms with van der Waals surface area (Å²) in [5.41, 5.74) is 0.354. The van der Waals surface area contributed by atoms with E-state index in [2.05, 4.69) is 6.58 Å². The van der Waals surface area contributed by atoms with Crippen molar-refractivity contribution in [2.45, 2.75) is 46.3 Å². The molecule has 1 unspecified atom stereocenters. The van der Waals surface area contributed by atoms with E-state index in [0.717, 1.165) is 0 Å². The number of esters is 1. The van der Waals surface area contributed by atoms with Gasteiger partial charge in [-0.15, -0.1) is 0 Å². The molecule has 0 bridgehead atoms. The van der Waals surface area contributed by atoms with Crippen LogP contribution < -0.4 is 9.47 Å². The lowest BCUT2D eigenvalue weighted by molar-refractivity contribution is -0.143. The van der Waals surface area contributed by atoms with Crippen LogP contribution in [0, 0.1) is 3.57 Å². The highest BCUT2D eigenvalue weighted by molar-refractivity contribution is 14.1. The van der Waals surface area contributed by atoms with Crippen LogP contribution in [0.25, 0.3) is 0 Å². The number of benzene rings is 1. The number of methoxy groups -OCH3 is 1. The quantitative estimate of drug-likeness (QED) is 0.271. The lowest BCUT2D eigenvalue weighted by Crippen LogP contribution is -2.26. The normalized spacial score (nSPS) is 12.1. The molecule has 0 saturated heterocycles. The fourth-order valence-corrected chi connectivity index (χ4v) is 2.49. The molecule has 138 valence electrons. The smallest absolute Gasteiger partial charge is 0.493 e. The summed E-state index contributed by atoms with van der Waals surface area (Å²) in [6, 6.07) is 3.40. The molecule has 0 amide bonds. The molecule has 0 aliphatic heterocycles. The van der Waals surface area contributed by atoms with Crippen molar-refractivity contribution >= 4 is 34.7 Å². The van der Waals surface area contributed by atoms with Gasteiger partial charge in [-0.1, -0.05) is 6.58 Å². The highest BCUT2D eigenvalue weighted by Gasteiger charge is 2.23. The van der Waals surface area contributed by atoms with Gasteiger partial charge in [0, 0.05) is 5.57 Å². The molecule has 0 heterocycles. The molecule has 1 atom stereocenters. The van der Waals surface area contributed by atoms with E-state index < -0.39 is 23.8 Å². The zero-order chi connectivity index (χ0) is 19.4. The van der Waals surface area contributed by atoms with Gasteiger partial charge >= 0.3 is 12.1 Å². The number of ether oxygens (including phenoxy) is 4. The molecule has 0 saturated carbocycles. The van der Waals surface area contributed by atoms with Crippen LogP contribution in [0.5, 0.6) is 11.5 Å². The maximum absolute atomic E-state index is 11.9. The first kappa shape index (κ1) is 21.3. The van der Waals surface area contributed by atoms with Crippen LogP contribution in [-0.4, -0.2) is 24.8 Å². The first-order chi connectivity index (χ1) is 11.4. The first-order valence-corrected chi connectivity index (χ1v) is 8.67. The molecule has 6 nitrogen and oxygen atoms in total. The van der Waals surface area contributed by atoms with Crippen LogP contribution >= 0.6 is 22.6 Å². The van der Waals surface area contributed by atoms with Crippen LogP contribution in [0.1, 0.15) is 46.3 Å². The fourth-order valence-electron chi connectivity index (χ4n) is 1.76. The zero-order valence-corrected chi connectivity index (χ0v) is 17.4. The lowest BCUT2D eigenvalue weighted by Gasteiger charge is -2.20. The third kappa shape index (κ3) is 6.56. The van der Waals surface area contributed by atoms with E-state index in [1.54, 1.807) is 46.8 Å². The van der Waals surface area contributed by atoms with Crippen molar-refractivity contribution in [1.29, 1.82) is 0 Å². The molecule has 0 aromatic heterocycles. The standard InChI is InChI=1S/C18H23IO6/c1-10(2)16(20)23-11(3)12-8-13(19)15(14(9-12)22-7)24-17(21)25-18(4,5)6/h8-9,11H,1H2,2-7H3. The Morgan fingerprint density at radius 1 is 1.24 bits per heavy atom. The predicted molar refractivity (Wildman–Crippen MR) is 102 cm³/mol. The minimum Gasteiger partial charge on any atom is -0.493 e. The van der Waals surface area contributed by atoms with E-state index in [9.17, 15) is 9.59 Å². The van der Waals surface area contributed by atoms with Crippen LogP contribution in [-0.2, 0) is 14.3 Å². The van der Waals surface area contributed by atoms with Crippen LogP contribution in [0.3, 0.4) is 0 Å². The van der Waals surface area contributed by atoms with Gasteiger partial charge in [0.05, 0.1) is 10.7 Å². The molecular weight excluding hydrogens is 439 g/mol. The van der Waals surface area contributed by atoms with E-state index in [0.29, 0.717) is 20.5 Å². The van der Waals surface area contributed by atoms with Crippen molar-refractivity contribution in [3.63, 3.8) is 0 Å². The van der Waals surface area contributed by atoms with Gasteiger partial charge < -0.3 is 18.9 Å². The van der Waals surface area contributed by atoms with E-state index in [1.165, 1.54) is 7.11 Å². The number of rotatable bonds is 5.